The molecule has 3 rings (SSSR count). The van der Waals surface area contributed by atoms with Crippen LogP contribution in [-0.2, 0) is 35.7 Å². The number of hydrogen-bond donors (Lipinski definition) is 2. The lowest BCUT2D eigenvalue weighted by atomic mass is 10.0. The third-order valence-electron chi connectivity index (χ3n) is 8.05. The lowest BCUT2D eigenvalue weighted by molar-refractivity contribution is -0.155. The molecule has 2 N–H and O–H groups in total. The van der Waals surface area contributed by atoms with Crippen molar-refractivity contribution < 1.29 is 41.1 Å². The Morgan fingerprint density at radius 2 is 1.61 bits per heavy atom. The number of esters is 1. The van der Waals surface area contributed by atoms with Crippen molar-refractivity contribution in [1.82, 2.24) is 24.6 Å². The van der Waals surface area contributed by atoms with E-state index in [1.54, 1.807) is 18.2 Å². The highest BCUT2D eigenvalue weighted by Crippen LogP contribution is 2.36. The van der Waals surface area contributed by atoms with Crippen LogP contribution in [0.15, 0.2) is 30.6 Å². The van der Waals surface area contributed by atoms with Gasteiger partial charge in [-0.2, -0.15) is 18.3 Å². The highest BCUT2D eigenvalue weighted by Gasteiger charge is 2.39. The van der Waals surface area contributed by atoms with Gasteiger partial charge in [0.05, 0.1) is 30.5 Å². The highest BCUT2D eigenvalue weighted by molar-refractivity contribution is 6.00. The predicted octanol–water partition coefficient (Wildman–Crippen LogP) is 7.66. The van der Waals surface area contributed by atoms with E-state index in [4.69, 9.17) is 4.74 Å². The average molecular weight is 725 g/mol. The van der Waals surface area contributed by atoms with E-state index in [-0.39, 0.29) is 36.4 Å². The number of nitrogens with zero attached hydrogens (tertiary/aromatic N) is 4. The zero-order valence-electron chi connectivity index (χ0n) is 30.0. The molecule has 0 bridgehead atoms. The van der Waals surface area contributed by atoms with Crippen molar-refractivity contribution >= 4 is 23.2 Å². The Hall–Kier alpha value is -4.14. The van der Waals surface area contributed by atoms with Crippen molar-refractivity contribution in [2.45, 2.75) is 110 Å². The fourth-order valence-corrected chi connectivity index (χ4v) is 5.59. The molecule has 0 amide bonds. The number of anilines is 1. The van der Waals surface area contributed by atoms with Gasteiger partial charge in [0.1, 0.15) is 12.1 Å². The third kappa shape index (κ3) is 13.2. The topological polar surface area (TPSA) is 120 Å². The van der Waals surface area contributed by atoms with E-state index in [1.165, 1.54) is 11.6 Å². The number of benzene rings is 1. The van der Waals surface area contributed by atoms with Gasteiger partial charge >= 0.3 is 12.1 Å². The molecule has 0 unspecified atom stereocenters. The van der Waals surface area contributed by atoms with Gasteiger partial charge in [0.25, 0.3) is 6.43 Å². The molecule has 0 fully saturated rings. The standard InChI is InChI=1S/C36H49F5N6O4/c1-6-24-18-25(15-16-26(24)29(48)20-42-17-13-11-9-7-8-10-12-14-32(50)51-35(2,3)4)43-21-30(49)34-44-19-28(46(34)5)27-22-47(23-31(37)38)45-33(27)36(39,40)41/h15-16,18-19,22,31,42-43H,6-14,17,20-21,23H2,1-5H3. The van der Waals surface area contributed by atoms with Crippen molar-refractivity contribution in [1.29, 1.82) is 0 Å². The Bertz CT molecular complexity index is 1610. The fourth-order valence-electron chi connectivity index (χ4n) is 5.59. The molecule has 51 heavy (non-hydrogen) atoms. The summed E-state index contributed by atoms with van der Waals surface area (Å²) in [7, 11) is 1.36. The van der Waals surface area contributed by atoms with E-state index in [0.717, 1.165) is 69.4 Å². The Balaban J connectivity index is 1.44. The van der Waals surface area contributed by atoms with Gasteiger partial charge in [0.2, 0.25) is 5.78 Å². The number of carbonyl (C=O) groups is 3. The number of ketones is 2. The maximum atomic E-state index is 13.6. The van der Waals surface area contributed by atoms with Crippen molar-refractivity contribution in [3.8, 4) is 11.3 Å². The first-order valence-corrected chi connectivity index (χ1v) is 17.3. The normalized spacial score (nSPS) is 12.1. The molecule has 2 aromatic heterocycles. The summed E-state index contributed by atoms with van der Waals surface area (Å²) in [6, 6.07) is 5.17. The van der Waals surface area contributed by atoms with Crippen LogP contribution in [0.25, 0.3) is 11.3 Å². The molecule has 0 radical (unpaired) electrons. The Labute approximate surface area is 295 Å². The number of halogens is 5. The van der Waals surface area contributed by atoms with E-state index < -0.39 is 41.8 Å². The number of aryl methyl sites for hydroxylation is 1. The Morgan fingerprint density at radius 3 is 2.24 bits per heavy atom. The third-order valence-corrected chi connectivity index (χ3v) is 8.05. The van der Waals surface area contributed by atoms with Gasteiger partial charge in [-0.05, 0) is 70.3 Å². The summed E-state index contributed by atoms with van der Waals surface area (Å²) in [4.78, 5) is 41.7. The summed E-state index contributed by atoms with van der Waals surface area (Å²) in [5, 5.41) is 9.50. The van der Waals surface area contributed by atoms with Gasteiger partial charge in [0, 0.05) is 30.9 Å². The molecule has 10 nitrogen and oxygen atoms in total. The van der Waals surface area contributed by atoms with Crippen molar-refractivity contribution in [2.75, 3.05) is 25.0 Å². The van der Waals surface area contributed by atoms with Crippen LogP contribution in [0, 0.1) is 0 Å². The molecule has 0 spiro atoms. The molecule has 0 saturated carbocycles. The molecule has 0 saturated heterocycles. The van der Waals surface area contributed by atoms with Gasteiger partial charge in [-0.3, -0.25) is 19.1 Å². The van der Waals surface area contributed by atoms with Crippen LogP contribution in [0.2, 0.25) is 0 Å². The first kappa shape index (κ1) is 41.3. The first-order chi connectivity index (χ1) is 24.0. The van der Waals surface area contributed by atoms with Gasteiger partial charge < -0.3 is 19.9 Å². The number of alkyl halides is 5. The smallest absolute Gasteiger partial charge is 0.435 e. The molecule has 3 aromatic rings. The van der Waals surface area contributed by atoms with Crippen LogP contribution in [0.4, 0.5) is 27.6 Å². The SMILES string of the molecule is CCc1cc(NCC(=O)c2ncc(-c3cn(CC(F)F)nc3C(F)(F)F)n2C)ccc1C(=O)CNCCCCCCCCCC(=O)OC(C)(C)C. The average Bonchev–Trinajstić information content (AvgIpc) is 3.64. The van der Waals surface area contributed by atoms with E-state index >= 15 is 0 Å². The Kier molecular flexibility index (Phi) is 15.3. The minimum absolute atomic E-state index is 0.0462. The minimum Gasteiger partial charge on any atom is -0.460 e. The number of nitrogens with one attached hydrogen (secondary N) is 2. The molecular weight excluding hydrogens is 675 g/mol. The number of unbranched alkanes of at least 4 members (excludes halogenated alkanes) is 6. The van der Waals surface area contributed by atoms with E-state index in [1.807, 2.05) is 27.7 Å². The highest BCUT2D eigenvalue weighted by atomic mass is 19.4. The largest absolute Gasteiger partial charge is 0.460 e. The van der Waals surface area contributed by atoms with Crippen LogP contribution < -0.4 is 10.6 Å². The lowest BCUT2D eigenvalue weighted by Gasteiger charge is -2.19. The lowest BCUT2D eigenvalue weighted by Crippen LogP contribution is -2.25. The van der Waals surface area contributed by atoms with Crippen molar-refractivity contribution in [3.05, 3.63) is 53.2 Å². The summed E-state index contributed by atoms with van der Waals surface area (Å²) in [5.74, 6) is -0.840. The molecule has 0 aliphatic heterocycles. The van der Waals surface area contributed by atoms with E-state index in [2.05, 4.69) is 20.7 Å². The van der Waals surface area contributed by atoms with Crippen LogP contribution in [0.1, 0.15) is 111 Å². The fraction of sp³-hybridized carbons (Fsp3) is 0.583. The summed E-state index contributed by atoms with van der Waals surface area (Å²) in [5.41, 5.74) is -0.404. The van der Waals surface area contributed by atoms with Crippen molar-refractivity contribution in [2.24, 2.45) is 7.05 Å². The number of ether oxygens (including phenoxy) is 1. The van der Waals surface area contributed by atoms with Crippen LogP contribution in [-0.4, -0.2) is 68.5 Å². The number of rotatable bonds is 21. The zero-order valence-corrected chi connectivity index (χ0v) is 30.0. The molecule has 0 atom stereocenters. The van der Waals surface area contributed by atoms with Crippen molar-refractivity contribution in [3.63, 3.8) is 0 Å². The molecular formula is C36H49F5N6O4. The maximum absolute atomic E-state index is 13.6. The molecule has 2 heterocycles. The van der Waals surface area contributed by atoms with Gasteiger partial charge in [0.15, 0.2) is 17.3 Å². The molecule has 15 heteroatoms. The molecule has 1 aromatic carbocycles. The van der Waals surface area contributed by atoms with Gasteiger partial charge in [-0.1, -0.05) is 39.0 Å². The number of Topliss-reactive ketones (excluding diaryl/α,β-unsaturated/α-hetero) is 2. The second-order valence-electron chi connectivity index (χ2n) is 13.4. The summed E-state index contributed by atoms with van der Waals surface area (Å²) in [6.07, 6.45) is 2.26. The zero-order chi connectivity index (χ0) is 37.8. The summed E-state index contributed by atoms with van der Waals surface area (Å²) >= 11 is 0. The summed E-state index contributed by atoms with van der Waals surface area (Å²) < 4.78 is 73.5. The van der Waals surface area contributed by atoms with Crippen LogP contribution in [0.3, 0.4) is 0 Å². The molecule has 0 aliphatic rings. The van der Waals surface area contributed by atoms with Crippen LogP contribution >= 0.6 is 0 Å². The minimum atomic E-state index is -4.91. The second-order valence-corrected chi connectivity index (χ2v) is 13.4. The number of carbonyl (C=O) groups excluding carboxylic acids is 3. The maximum Gasteiger partial charge on any atom is 0.435 e. The molecule has 0 aliphatic carbocycles. The number of aromatic nitrogens is 4. The number of hydrogen-bond acceptors (Lipinski definition) is 8. The predicted molar refractivity (Wildman–Crippen MR) is 184 cm³/mol. The Morgan fingerprint density at radius 1 is 0.941 bits per heavy atom. The van der Waals surface area contributed by atoms with E-state index in [9.17, 15) is 36.3 Å². The van der Waals surface area contributed by atoms with E-state index in [0.29, 0.717) is 28.8 Å². The first-order valence-electron chi connectivity index (χ1n) is 17.3. The quantitative estimate of drug-likeness (QED) is 0.0498. The van der Waals surface area contributed by atoms with Crippen LogP contribution in [0.5, 0.6) is 0 Å². The second kappa shape index (κ2) is 18.9. The number of imidazole rings is 1. The monoisotopic (exact) mass is 724 g/mol. The summed E-state index contributed by atoms with van der Waals surface area (Å²) in [6.45, 7) is 7.18. The molecule has 282 valence electrons. The van der Waals surface area contributed by atoms with Gasteiger partial charge in [-0.25, -0.2) is 13.8 Å². The van der Waals surface area contributed by atoms with Gasteiger partial charge in [-0.15, -0.1) is 0 Å².